The van der Waals surface area contributed by atoms with Gasteiger partial charge < -0.3 is 9.55 Å². The smallest absolute Gasteiger partial charge is 0.261 e. The fraction of sp³-hybridized carbons (Fsp3) is 0.250. The third-order valence-electron chi connectivity index (χ3n) is 5.62. The van der Waals surface area contributed by atoms with E-state index < -0.39 is 15.9 Å². The second kappa shape index (κ2) is 10.9. The minimum absolute atomic E-state index is 0.0635. The minimum Gasteiger partial charge on any atom is -0.336 e. The number of fused-ring (bicyclic) bond motifs is 1. The number of hydrogen-bond acceptors (Lipinski definition) is 5. The van der Waals surface area contributed by atoms with Crippen LogP contribution in [-0.2, 0) is 16.7 Å². The first kappa shape index (κ1) is 28.4. The predicted molar refractivity (Wildman–Crippen MR) is 153 cm³/mol. The Morgan fingerprint density at radius 1 is 1.00 bits per heavy atom. The lowest BCUT2D eigenvalue weighted by Crippen LogP contribution is -2.16. The monoisotopic (exact) mass is 569 g/mol. The van der Waals surface area contributed by atoms with Crippen molar-refractivity contribution in [2.45, 2.75) is 34.2 Å². The Bertz CT molecular complexity index is 1710. The van der Waals surface area contributed by atoms with Crippen molar-refractivity contribution in [3.63, 3.8) is 0 Å². The minimum atomic E-state index is -3.67. The van der Waals surface area contributed by atoms with Gasteiger partial charge in [0, 0.05) is 12.1 Å². The van der Waals surface area contributed by atoms with E-state index in [9.17, 15) is 12.8 Å². The summed E-state index contributed by atoms with van der Waals surface area (Å²) in [7, 11) is -3.67. The highest BCUT2D eigenvalue weighted by molar-refractivity contribution is 7.85. The van der Waals surface area contributed by atoms with Crippen molar-refractivity contribution in [1.29, 1.82) is 0 Å². The summed E-state index contributed by atoms with van der Waals surface area (Å²) in [4.78, 5) is 17.8. The molecule has 8 nitrogen and oxygen atoms in total. The van der Waals surface area contributed by atoms with Crippen LogP contribution in [0.3, 0.4) is 0 Å². The number of aromatic amines is 1. The molecule has 5 rings (SSSR count). The third kappa shape index (κ3) is 6.89. The Kier molecular flexibility index (Phi) is 7.92. The molecule has 204 valence electrons. The highest BCUT2D eigenvalue weighted by atomic mass is 35.5. The molecule has 2 aromatic carbocycles. The van der Waals surface area contributed by atoms with E-state index in [1.807, 2.05) is 49.4 Å². The summed E-state index contributed by atoms with van der Waals surface area (Å²) < 4.78 is 42.7. The second-order valence-corrected chi connectivity index (χ2v) is 12.2. The summed E-state index contributed by atoms with van der Waals surface area (Å²) in [5.74, 6) is 0.842. The SMILES string of the molecule is CS(=O)(=O)O.Cc1nc2ccc(-c3[nH]c(-c4c(F)cccc4Cl)nc3-c3ccccc3)nc2n1CC(C)(C)C. The Hall–Kier alpha value is -3.60. The Labute approximate surface area is 231 Å². The molecule has 39 heavy (non-hydrogen) atoms. The van der Waals surface area contributed by atoms with Crippen molar-refractivity contribution in [2.24, 2.45) is 5.41 Å². The number of halogens is 2. The van der Waals surface area contributed by atoms with Gasteiger partial charge in [0.15, 0.2) is 5.65 Å². The first-order valence-electron chi connectivity index (χ1n) is 12.1. The van der Waals surface area contributed by atoms with Gasteiger partial charge in [-0.05, 0) is 36.6 Å². The maximum absolute atomic E-state index is 14.7. The lowest BCUT2D eigenvalue weighted by atomic mass is 9.97. The molecule has 0 atom stereocenters. The first-order valence-corrected chi connectivity index (χ1v) is 14.3. The molecule has 0 aliphatic rings. The van der Waals surface area contributed by atoms with Crippen LogP contribution in [-0.4, -0.2) is 43.7 Å². The number of hydrogen-bond donors (Lipinski definition) is 2. The summed E-state index contributed by atoms with van der Waals surface area (Å²) >= 11 is 6.35. The molecule has 0 spiro atoms. The normalized spacial score (nSPS) is 11.9. The molecule has 0 saturated heterocycles. The molecule has 0 aliphatic carbocycles. The highest BCUT2D eigenvalue weighted by Crippen LogP contribution is 2.36. The fourth-order valence-corrected chi connectivity index (χ4v) is 4.38. The van der Waals surface area contributed by atoms with Crippen LogP contribution in [0, 0.1) is 18.2 Å². The van der Waals surface area contributed by atoms with Gasteiger partial charge in [-0.15, -0.1) is 0 Å². The van der Waals surface area contributed by atoms with Crippen molar-refractivity contribution in [3.8, 4) is 34.0 Å². The van der Waals surface area contributed by atoms with Gasteiger partial charge in [0.05, 0.1) is 33.9 Å². The summed E-state index contributed by atoms with van der Waals surface area (Å²) in [5, 5.41) is 0.294. The van der Waals surface area contributed by atoms with E-state index >= 15 is 0 Å². The largest absolute Gasteiger partial charge is 0.336 e. The van der Waals surface area contributed by atoms with E-state index in [1.54, 1.807) is 12.1 Å². The van der Waals surface area contributed by atoms with Gasteiger partial charge >= 0.3 is 0 Å². The molecule has 2 N–H and O–H groups in total. The molecule has 0 radical (unpaired) electrons. The molecule has 0 aliphatic heterocycles. The van der Waals surface area contributed by atoms with Crippen LogP contribution in [0.5, 0.6) is 0 Å². The van der Waals surface area contributed by atoms with Gasteiger partial charge in [0.25, 0.3) is 10.1 Å². The van der Waals surface area contributed by atoms with Crippen LogP contribution >= 0.6 is 11.6 Å². The van der Waals surface area contributed by atoms with E-state index in [4.69, 9.17) is 31.1 Å². The molecule has 3 heterocycles. The van der Waals surface area contributed by atoms with Crippen LogP contribution in [0.2, 0.25) is 5.02 Å². The number of nitrogens with zero attached hydrogens (tertiary/aromatic N) is 4. The van der Waals surface area contributed by atoms with Gasteiger partial charge in [-0.25, -0.2) is 19.3 Å². The van der Waals surface area contributed by atoms with E-state index in [2.05, 4.69) is 30.3 Å². The predicted octanol–water partition coefficient (Wildman–Crippen LogP) is 6.81. The summed E-state index contributed by atoms with van der Waals surface area (Å²) in [6.07, 6.45) is 0.715. The zero-order valence-corrected chi connectivity index (χ0v) is 23.8. The van der Waals surface area contributed by atoms with Gasteiger partial charge in [0.2, 0.25) is 0 Å². The number of imidazole rings is 2. The first-order chi connectivity index (χ1) is 18.2. The molecular weight excluding hydrogens is 541 g/mol. The Morgan fingerprint density at radius 3 is 2.28 bits per heavy atom. The average Bonchev–Trinajstić information content (AvgIpc) is 3.39. The highest BCUT2D eigenvalue weighted by Gasteiger charge is 2.22. The lowest BCUT2D eigenvalue weighted by Gasteiger charge is -2.20. The van der Waals surface area contributed by atoms with Crippen LogP contribution in [0.15, 0.2) is 60.7 Å². The quantitative estimate of drug-likeness (QED) is 0.230. The summed E-state index contributed by atoms with van der Waals surface area (Å²) in [6, 6.07) is 18.3. The number of aryl methyl sites for hydroxylation is 1. The molecule has 0 saturated carbocycles. The summed E-state index contributed by atoms with van der Waals surface area (Å²) in [6.45, 7) is 9.35. The van der Waals surface area contributed by atoms with Gasteiger partial charge in [0.1, 0.15) is 23.0 Å². The Morgan fingerprint density at radius 2 is 1.67 bits per heavy atom. The number of pyridine rings is 1. The van der Waals surface area contributed by atoms with Gasteiger partial charge in [-0.2, -0.15) is 8.42 Å². The van der Waals surface area contributed by atoms with E-state index in [-0.39, 0.29) is 11.0 Å². The topological polar surface area (TPSA) is 114 Å². The molecule has 0 amide bonds. The summed E-state index contributed by atoms with van der Waals surface area (Å²) in [5.41, 5.74) is 4.92. The molecule has 3 aromatic heterocycles. The number of nitrogens with one attached hydrogen (secondary N) is 1. The maximum Gasteiger partial charge on any atom is 0.261 e. The lowest BCUT2D eigenvalue weighted by molar-refractivity contribution is 0.344. The van der Waals surface area contributed by atoms with E-state index in [1.165, 1.54) is 6.07 Å². The standard InChI is InChI=1S/C27H25ClFN5.CH4O3S/c1-16-30-21-14-13-20(31-26(21)34(16)15-27(2,3)4)24-23(17-9-6-5-7-10-17)32-25(33-24)22-18(28)11-8-12-19(22)29;1-5(2,3)4/h5-14H,15H2,1-4H3,(H,32,33);1H3,(H,2,3,4). The van der Waals surface area contributed by atoms with Crippen LogP contribution < -0.4 is 0 Å². The number of aromatic nitrogens is 5. The Balaban J connectivity index is 0.000000648. The zero-order chi connectivity index (χ0) is 28.5. The van der Waals surface area contributed by atoms with Crippen molar-refractivity contribution < 1.29 is 17.4 Å². The molecule has 5 aromatic rings. The fourth-order valence-electron chi connectivity index (χ4n) is 4.12. The zero-order valence-electron chi connectivity index (χ0n) is 22.2. The van der Waals surface area contributed by atoms with Crippen molar-refractivity contribution in [2.75, 3.05) is 6.26 Å². The van der Waals surface area contributed by atoms with Crippen molar-refractivity contribution >= 4 is 32.9 Å². The van der Waals surface area contributed by atoms with Crippen molar-refractivity contribution in [3.05, 3.63) is 77.3 Å². The average molecular weight is 570 g/mol. The molecule has 11 heteroatoms. The molecule has 0 unspecified atom stereocenters. The van der Waals surface area contributed by atoms with Crippen LogP contribution in [0.25, 0.3) is 45.2 Å². The molecule has 0 bridgehead atoms. The van der Waals surface area contributed by atoms with Crippen molar-refractivity contribution in [1.82, 2.24) is 24.5 Å². The number of rotatable bonds is 4. The number of benzene rings is 2. The van der Waals surface area contributed by atoms with E-state index in [0.717, 1.165) is 29.1 Å². The van der Waals surface area contributed by atoms with Gasteiger partial charge in [-0.3, -0.25) is 4.55 Å². The number of H-pyrrole nitrogens is 1. The van der Waals surface area contributed by atoms with E-state index in [0.29, 0.717) is 34.2 Å². The van der Waals surface area contributed by atoms with Crippen LogP contribution in [0.1, 0.15) is 26.6 Å². The molecular formula is C28H29ClFN5O3S. The van der Waals surface area contributed by atoms with Gasteiger partial charge in [-0.1, -0.05) is 68.8 Å². The molecule has 0 fully saturated rings. The second-order valence-electron chi connectivity index (χ2n) is 10.3. The third-order valence-corrected chi connectivity index (χ3v) is 5.94. The maximum atomic E-state index is 14.7. The van der Waals surface area contributed by atoms with Crippen LogP contribution in [0.4, 0.5) is 4.39 Å².